The summed E-state index contributed by atoms with van der Waals surface area (Å²) < 4.78 is 11.9. The van der Waals surface area contributed by atoms with Crippen LogP contribution in [0.25, 0.3) is 0 Å². The van der Waals surface area contributed by atoms with Gasteiger partial charge in [0.1, 0.15) is 6.10 Å². The molecule has 0 radical (unpaired) electrons. The fourth-order valence-electron chi connectivity index (χ4n) is 2.74. The largest absolute Gasteiger partial charge is 0.370 e. The molecule has 3 aliphatic rings. The molecule has 3 rings (SSSR count). The van der Waals surface area contributed by atoms with E-state index in [1.54, 1.807) is 0 Å². The molecule has 2 saturated carbocycles. The molecule has 1 spiro atoms. The minimum atomic E-state index is -0.295. The van der Waals surface area contributed by atoms with E-state index < -0.39 is 0 Å². The standard InChI is InChI=1S/C13H23N3O2.HI/c14-12(16-10-4-5-10)15-8-11-9-17-13(18-11)6-2-1-3-7-13;/h10-11H,1-9H2,(H3,14,15,16);1H. The number of ether oxygens (including phenoxy) is 2. The molecule has 0 aromatic heterocycles. The Morgan fingerprint density at radius 2 is 2.00 bits per heavy atom. The van der Waals surface area contributed by atoms with Crippen LogP contribution in [0.5, 0.6) is 0 Å². The normalized spacial score (nSPS) is 30.1. The van der Waals surface area contributed by atoms with E-state index in [-0.39, 0.29) is 35.9 Å². The maximum Gasteiger partial charge on any atom is 0.188 e. The summed E-state index contributed by atoms with van der Waals surface area (Å²) in [6.45, 7) is 1.26. The molecule has 1 atom stereocenters. The lowest BCUT2D eigenvalue weighted by molar-refractivity contribution is -0.186. The van der Waals surface area contributed by atoms with Gasteiger partial charge in [-0.05, 0) is 25.7 Å². The Morgan fingerprint density at radius 1 is 1.26 bits per heavy atom. The highest BCUT2D eigenvalue weighted by Crippen LogP contribution is 2.37. The van der Waals surface area contributed by atoms with Crippen LogP contribution in [0.4, 0.5) is 0 Å². The van der Waals surface area contributed by atoms with Gasteiger partial charge in [-0.3, -0.25) is 4.99 Å². The van der Waals surface area contributed by atoms with E-state index in [1.165, 1.54) is 32.1 Å². The van der Waals surface area contributed by atoms with E-state index in [4.69, 9.17) is 15.2 Å². The molecule has 1 aliphatic heterocycles. The molecule has 0 amide bonds. The van der Waals surface area contributed by atoms with Gasteiger partial charge in [0.2, 0.25) is 0 Å². The SMILES string of the molecule is I.NC(=NCC1COC2(CCCCC2)O1)NC1CC1. The van der Waals surface area contributed by atoms with E-state index in [2.05, 4.69) is 10.3 Å². The molecule has 5 nitrogen and oxygen atoms in total. The molecule has 19 heavy (non-hydrogen) atoms. The third kappa shape index (κ3) is 4.19. The summed E-state index contributed by atoms with van der Waals surface area (Å²) in [5.74, 6) is 0.252. The van der Waals surface area contributed by atoms with Crippen LogP contribution in [0.1, 0.15) is 44.9 Å². The quantitative estimate of drug-likeness (QED) is 0.444. The summed E-state index contributed by atoms with van der Waals surface area (Å²) in [4.78, 5) is 4.34. The molecule has 1 saturated heterocycles. The molecule has 0 bridgehead atoms. The van der Waals surface area contributed by atoms with Gasteiger partial charge in [0.25, 0.3) is 0 Å². The Kier molecular flexibility index (Phi) is 5.30. The number of nitrogens with one attached hydrogen (secondary N) is 1. The van der Waals surface area contributed by atoms with Crippen LogP contribution in [0, 0.1) is 0 Å². The van der Waals surface area contributed by atoms with E-state index in [0.29, 0.717) is 25.2 Å². The van der Waals surface area contributed by atoms with Crippen molar-refractivity contribution in [2.24, 2.45) is 10.7 Å². The topological polar surface area (TPSA) is 68.9 Å². The van der Waals surface area contributed by atoms with Crippen molar-refractivity contribution in [3.63, 3.8) is 0 Å². The van der Waals surface area contributed by atoms with Crippen LogP contribution in [-0.2, 0) is 9.47 Å². The van der Waals surface area contributed by atoms with Crippen molar-refractivity contribution in [3.05, 3.63) is 0 Å². The van der Waals surface area contributed by atoms with Crippen molar-refractivity contribution in [3.8, 4) is 0 Å². The van der Waals surface area contributed by atoms with E-state index in [0.717, 1.165) is 12.8 Å². The second kappa shape index (κ2) is 6.58. The number of aliphatic imine (C=N–C) groups is 1. The molecule has 1 unspecified atom stereocenters. The molecular weight excluding hydrogens is 357 g/mol. The average molecular weight is 381 g/mol. The lowest BCUT2D eigenvalue weighted by Crippen LogP contribution is -2.35. The first kappa shape index (κ1) is 15.3. The number of rotatable bonds is 3. The minimum absolute atomic E-state index is 0. The third-order valence-corrected chi connectivity index (χ3v) is 3.92. The first-order chi connectivity index (χ1) is 8.76. The van der Waals surface area contributed by atoms with E-state index >= 15 is 0 Å². The van der Waals surface area contributed by atoms with E-state index in [1.807, 2.05) is 0 Å². The first-order valence-electron chi connectivity index (χ1n) is 7.14. The Morgan fingerprint density at radius 3 is 2.68 bits per heavy atom. The maximum absolute atomic E-state index is 6.05. The summed E-state index contributed by atoms with van der Waals surface area (Å²) in [5, 5.41) is 3.18. The van der Waals surface area contributed by atoms with Gasteiger partial charge in [0.15, 0.2) is 11.7 Å². The summed E-state index contributed by atoms with van der Waals surface area (Å²) >= 11 is 0. The minimum Gasteiger partial charge on any atom is -0.370 e. The predicted octanol–water partition coefficient (Wildman–Crippen LogP) is 1.75. The molecular formula is C13H24IN3O2. The molecule has 3 N–H and O–H groups in total. The summed E-state index contributed by atoms with van der Waals surface area (Å²) in [6, 6.07) is 0.555. The Labute approximate surface area is 131 Å². The van der Waals surface area contributed by atoms with Crippen LogP contribution >= 0.6 is 24.0 Å². The zero-order valence-corrected chi connectivity index (χ0v) is 13.6. The molecule has 2 aliphatic carbocycles. The van der Waals surface area contributed by atoms with Crippen molar-refractivity contribution in [2.75, 3.05) is 13.2 Å². The van der Waals surface area contributed by atoms with E-state index in [9.17, 15) is 0 Å². The maximum atomic E-state index is 6.05. The fraction of sp³-hybridized carbons (Fsp3) is 0.923. The second-order valence-electron chi connectivity index (χ2n) is 5.67. The molecule has 6 heteroatoms. The average Bonchev–Trinajstić information content (AvgIpc) is 3.10. The van der Waals surface area contributed by atoms with Crippen LogP contribution in [0.15, 0.2) is 4.99 Å². The Bertz CT molecular complexity index is 328. The Balaban J connectivity index is 0.00000133. The number of halogens is 1. The Hall–Kier alpha value is -0.0800. The zero-order valence-electron chi connectivity index (χ0n) is 11.3. The van der Waals surface area contributed by atoms with Crippen molar-refractivity contribution < 1.29 is 9.47 Å². The van der Waals surface area contributed by atoms with Gasteiger partial charge in [-0.15, -0.1) is 24.0 Å². The number of hydrogen-bond donors (Lipinski definition) is 2. The van der Waals surface area contributed by atoms with Gasteiger partial charge >= 0.3 is 0 Å². The van der Waals surface area contributed by atoms with Crippen molar-refractivity contribution in [1.29, 1.82) is 0 Å². The smallest absolute Gasteiger partial charge is 0.188 e. The monoisotopic (exact) mass is 381 g/mol. The molecule has 0 aromatic rings. The predicted molar refractivity (Wildman–Crippen MR) is 84.7 cm³/mol. The highest BCUT2D eigenvalue weighted by molar-refractivity contribution is 14.0. The molecule has 3 fully saturated rings. The number of nitrogens with zero attached hydrogens (tertiary/aromatic N) is 1. The van der Waals surface area contributed by atoms with Crippen LogP contribution in [0.3, 0.4) is 0 Å². The summed E-state index contributed by atoms with van der Waals surface area (Å²) in [5.41, 5.74) is 5.81. The first-order valence-corrected chi connectivity index (χ1v) is 7.14. The zero-order chi connectivity index (χ0) is 12.4. The second-order valence-corrected chi connectivity index (χ2v) is 5.67. The van der Waals surface area contributed by atoms with Crippen molar-refractivity contribution in [1.82, 2.24) is 5.32 Å². The highest BCUT2D eigenvalue weighted by Gasteiger charge is 2.42. The van der Waals surface area contributed by atoms with Gasteiger partial charge < -0.3 is 20.5 Å². The lowest BCUT2D eigenvalue weighted by Gasteiger charge is -2.31. The highest BCUT2D eigenvalue weighted by atomic mass is 127. The number of hydrogen-bond acceptors (Lipinski definition) is 3. The molecule has 1 heterocycles. The van der Waals surface area contributed by atoms with Gasteiger partial charge in [0, 0.05) is 18.9 Å². The summed E-state index contributed by atoms with van der Waals surface area (Å²) in [6.07, 6.45) is 8.28. The lowest BCUT2D eigenvalue weighted by atomic mass is 9.94. The number of guanidine groups is 1. The number of nitrogens with two attached hydrogens (primary N) is 1. The van der Waals surface area contributed by atoms with Crippen molar-refractivity contribution in [2.45, 2.75) is 62.9 Å². The van der Waals surface area contributed by atoms with Gasteiger partial charge in [-0.1, -0.05) is 6.42 Å². The van der Waals surface area contributed by atoms with Gasteiger partial charge in [-0.25, -0.2) is 0 Å². The van der Waals surface area contributed by atoms with Crippen molar-refractivity contribution >= 4 is 29.9 Å². The van der Waals surface area contributed by atoms with Crippen LogP contribution < -0.4 is 11.1 Å². The molecule has 110 valence electrons. The summed E-state index contributed by atoms with van der Waals surface area (Å²) in [7, 11) is 0. The van der Waals surface area contributed by atoms with Gasteiger partial charge in [-0.2, -0.15) is 0 Å². The van der Waals surface area contributed by atoms with Gasteiger partial charge in [0.05, 0.1) is 13.2 Å². The van der Waals surface area contributed by atoms with Crippen LogP contribution in [0.2, 0.25) is 0 Å². The fourth-order valence-corrected chi connectivity index (χ4v) is 2.74. The molecule has 0 aromatic carbocycles. The third-order valence-electron chi connectivity index (χ3n) is 3.92. The van der Waals surface area contributed by atoms with Crippen LogP contribution in [-0.4, -0.2) is 37.0 Å².